The lowest BCUT2D eigenvalue weighted by Gasteiger charge is -2.25. The van der Waals surface area contributed by atoms with Gasteiger partial charge in [-0.15, -0.1) is 0 Å². The lowest BCUT2D eigenvalue weighted by Crippen LogP contribution is -2.39. The molecule has 0 radical (unpaired) electrons. The highest BCUT2D eigenvalue weighted by Gasteiger charge is 2.18. The van der Waals surface area contributed by atoms with Crippen LogP contribution < -0.4 is 30.8 Å². The van der Waals surface area contributed by atoms with Gasteiger partial charge in [0.1, 0.15) is 11.5 Å². The van der Waals surface area contributed by atoms with Crippen LogP contribution in [0.15, 0.2) is 39.9 Å². The molecule has 9 nitrogen and oxygen atoms in total. The molecule has 0 aliphatic carbocycles. The second kappa shape index (κ2) is 9.17. The van der Waals surface area contributed by atoms with Crippen molar-refractivity contribution >= 4 is 28.3 Å². The Kier molecular flexibility index (Phi) is 6.57. The van der Waals surface area contributed by atoms with Crippen LogP contribution in [0.3, 0.4) is 0 Å². The molecule has 1 aromatic heterocycles. The minimum atomic E-state index is -0.634. The fourth-order valence-electron chi connectivity index (χ4n) is 3.67. The van der Waals surface area contributed by atoms with Crippen molar-refractivity contribution < 1.29 is 14.3 Å². The number of benzene rings is 2. The third-order valence-corrected chi connectivity index (χ3v) is 5.57. The van der Waals surface area contributed by atoms with E-state index in [1.54, 1.807) is 38.4 Å². The molecular weight excluding hydrogens is 412 g/mol. The fourth-order valence-corrected chi connectivity index (χ4v) is 3.67. The first-order valence-electron chi connectivity index (χ1n) is 10.3. The number of ether oxygens (including phenoxy) is 2. The highest BCUT2D eigenvalue weighted by atomic mass is 16.5. The molecule has 0 fully saturated rings. The molecule has 1 N–H and O–H groups in total. The molecule has 0 saturated carbocycles. The molecule has 170 valence electrons. The van der Waals surface area contributed by atoms with Gasteiger partial charge in [-0.2, -0.15) is 0 Å². The summed E-state index contributed by atoms with van der Waals surface area (Å²) in [4.78, 5) is 39.9. The maximum absolute atomic E-state index is 13.1. The van der Waals surface area contributed by atoms with Gasteiger partial charge in [0.05, 0.1) is 36.6 Å². The number of anilines is 2. The fraction of sp³-hybridized carbons (Fsp3) is 0.348. The van der Waals surface area contributed by atoms with Crippen LogP contribution in [-0.4, -0.2) is 42.4 Å². The summed E-state index contributed by atoms with van der Waals surface area (Å²) in [5.74, 6) is 0.633. The predicted octanol–water partition coefficient (Wildman–Crippen LogP) is 2.35. The molecule has 0 unspecified atom stereocenters. The number of fused-ring (bicyclic) bond motifs is 1. The van der Waals surface area contributed by atoms with E-state index in [0.717, 1.165) is 5.69 Å². The van der Waals surface area contributed by atoms with Crippen LogP contribution >= 0.6 is 0 Å². The van der Waals surface area contributed by atoms with E-state index in [-0.39, 0.29) is 5.91 Å². The van der Waals surface area contributed by atoms with Gasteiger partial charge in [0.15, 0.2) is 0 Å². The predicted molar refractivity (Wildman–Crippen MR) is 125 cm³/mol. The standard InChI is InChI=1S/C23H28N4O5/c1-7-27(8-2)18-13-20-19(25(3)22(29)23(30)26(20)4)12-17(18)24-21(28)14-9-15(31-5)11-16(10-14)32-6/h9-13H,7-8H2,1-6H3,(H,24,28). The number of aryl methyl sites for hydroxylation is 2. The molecule has 0 atom stereocenters. The van der Waals surface area contributed by atoms with Crippen molar-refractivity contribution in [1.29, 1.82) is 0 Å². The zero-order valence-electron chi connectivity index (χ0n) is 19.2. The van der Waals surface area contributed by atoms with Crippen molar-refractivity contribution in [2.45, 2.75) is 13.8 Å². The van der Waals surface area contributed by atoms with E-state index in [9.17, 15) is 14.4 Å². The Hall–Kier alpha value is -3.75. The van der Waals surface area contributed by atoms with Crippen molar-refractivity contribution in [2.24, 2.45) is 14.1 Å². The van der Waals surface area contributed by atoms with Crippen molar-refractivity contribution in [3.63, 3.8) is 0 Å². The second-order valence-electron chi connectivity index (χ2n) is 7.31. The molecule has 0 bridgehead atoms. The van der Waals surface area contributed by atoms with Gasteiger partial charge in [0.2, 0.25) is 0 Å². The monoisotopic (exact) mass is 440 g/mol. The van der Waals surface area contributed by atoms with Gasteiger partial charge in [0, 0.05) is 38.8 Å². The summed E-state index contributed by atoms with van der Waals surface area (Å²) in [7, 11) is 6.15. The first-order valence-corrected chi connectivity index (χ1v) is 10.3. The van der Waals surface area contributed by atoms with Crippen LogP contribution in [-0.2, 0) is 14.1 Å². The zero-order chi connectivity index (χ0) is 23.6. The van der Waals surface area contributed by atoms with Crippen molar-refractivity contribution in [1.82, 2.24) is 9.13 Å². The molecule has 2 aromatic carbocycles. The Morgan fingerprint density at radius 3 is 1.84 bits per heavy atom. The lowest BCUT2D eigenvalue weighted by atomic mass is 10.1. The van der Waals surface area contributed by atoms with E-state index in [0.29, 0.717) is 46.9 Å². The van der Waals surface area contributed by atoms with Crippen LogP contribution in [0.25, 0.3) is 11.0 Å². The molecule has 0 aliphatic heterocycles. The number of hydrogen-bond acceptors (Lipinski definition) is 6. The number of nitrogens with one attached hydrogen (secondary N) is 1. The number of aromatic nitrogens is 2. The summed E-state index contributed by atoms with van der Waals surface area (Å²) >= 11 is 0. The summed E-state index contributed by atoms with van der Waals surface area (Å²) in [5, 5.41) is 2.96. The Balaban J connectivity index is 2.20. The van der Waals surface area contributed by atoms with Crippen LogP contribution in [0.5, 0.6) is 11.5 Å². The van der Waals surface area contributed by atoms with Gasteiger partial charge in [0.25, 0.3) is 5.91 Å². The Bertz CT molecular complexity index is 1270. The number of rotatable bonds is 7. The molecule has 1 amide bonds. The van der Waals surface area contributed by atoms with Crippen molar-refractivity contribution in [2.75, 3.05) is 37.5 Å². The van der Waals surface area contributed by atoms with Crippen LogP contribution in [0.1, 0.15) is 24.2 Å². The highest BCUT2D eigenvalue weighted by molar-refractivity contribution is 6.07. The Morgan fingerprint density at radius 1 is 0.875 bits per heavy atom. The molecule has 0 saturated heterocycles. The van der Waals surface area contributed by atoms with Gasteiger partial charge in [-0.05, 0) is 38.1 Å². The normalized spacial score (nSPS) is 10.8. The van der Waals surface area contributed by atoms with Crippen molar-refractivity contribution in [3.8, 4) is 11.5 Å². The number of methoxy groups -OCH3 is 2. The van der Waals surface area contributed by atoms with E-state index in [1.165, 1.54) is 23.4 Å². The van der Waals surface area contributed by atoms with E-state index >= 15 is 0 Å². The SMILES string of the molecule is CCN(CC)c1cc2c(cc1NC(=O)c1cc(OC)cc(OC)c1)n(C)c(=O)c(=O)n2C. The number of nitrogens with zero attached hydrogens (tertiary/aromatic N) is 3. The quantitative estimate of drug-likeness (QED) is 0.567. The molecule has 1 heterocycles. The molecule has 0 aliphatic rings. The third kappa shape index (κ3) is 4.05. The topological polar surface area (TPSA) is 94.8 Å². The van der Waals surface area contributed by atoms with Gasteiger partial charge in [-0.3, -0.25) is 14.4 Å². The second-order valence-corrected chi connectivity index (χ2v) is 7.31. The summed E-state index contributed by atoms with van der Waals surface area (Å²) < 4.78 is 13.2. The van der Waals surface area contributed by atoms with E-state index in [2.05, 4.69) is 10.2 Å². The molecule has 3 aromatic rings. The average molecular weight is 441 g/mol. The minimum absolute atomic E-state index is 0.357. The smallest absolute Gasteiger partial charge is 0.316 e. The molecule has 32 heavy (non-hydrogen) atoms. The lowest BCUT2D eigenvalue weighted by molar-refractivity contribution is 0.102. The van der Waals surface area contributed by atoms with Gasteiger partial charge in [-0.25, -0.2) is 0 Å². The summed E-state index contributed by atoms with van der Waals surface area (Å²) in [5.41, 5.74) is 1.53. The van der Waals surface area contributed by atoms with E-state index in [4.69, 9.17) is 9.47 Å². The maximum atomic E-state index is 13.1. The Labute approximate surface area is 185 Å². The van der Waals surface area contributed by atoms with Gasteiger partial charge in [-0.1, -0.05) is 0 Å². The number of hydrogen-bond donors (Lipinski definition) is 1. The first kappa shape index (κ1) is 22.9. The zero-order valence-corrected chi connectivity index (χ0v) is 19.2. The first-order chi connectivity index (χ1) is 15.2. The molecule has 0 spiro atoms. The molecule has 9 heteroatoms. The number of carbonyl (C=O) groups is 1. The van der Waals surface area contributed by atoms with E-state index < -0.39 is 11.1 Å². The number of amides is 1. The van der Waals surface area contributed by atoms with E-state index in [1.807, 2.05) is 19.9 Å². The van der Waals surface area contributed by atoms with Crippen LogP contribution in [0.4, 0.5) is 11.4 Å². The van der Waals surface area contributed by atoms with Gasteiger partial charge < -0.3 is 28.8 Å². The van der Waals surface area contributed by atoms with Gasteiger partial charge >= 0.3 is 11.1 Å². The third-order valence-electron chi connectivity index (χ3n) is 5.57. The Morgan fingerprint density at radius 2 is 1.38 bits per heavy atom. The highest BCUT2D eigenvalue weighted by Crippen LogP contribution is 2.31. The minimum Gasteiger partial charge on any atom is -0.497 e. The maximum Gasteiger partial charge on any atom is 0.316 e. The average Bonchev–Trinajstić information content (AvgIpc) is 2.82. The largest absolute Gasteiger partial charge is 0.497 e. The van der Waals surface area contributed by atoms with Crippen LogP contribution in [0.2, 0.25) is 0 Å². The summed E-state index contributed by atoms with van der Waals surface area (Å²) in [6, 6.07) is 8.47. The van der Waals surface area contributed by atoms with Crippen LogP contribution in [0, 0.1) is 0 Å². The molecule has 3 rings (SSSR count). The summed E-state index contributed by atoms with van der Waals surface area (Å²) in [6.45, 7) is 5.40. The summed E-state index contributed by atoms with van der Waals surface area (Å²) in [6.07, 6.45) is 0. The van der Waals surface area contributed by atoms with Crippen molar-refractivity contribution in [3.05, 3.63) is 56.6 Å². The molecular formula is C23H28N4O5. The number of carbonyl (C=O) groups excluding carboxylic acids is 1.